The maximum absolute atomic E-state index is 12.5. The van der Waals surface area contributed by atoms with E-state index in [-0.39, 0.29) is 18.0 Å². The van der Waals surface area contributed by atoms with Crippen molar-refractivity contribution in [1.29, 1.82) is 0 Å². The predicted molar refractivity (Wildman–Crippen MR) is 125 cm³/mol. The quantitative estimate of drug-likeness (QED) is 0.286. The third-order valence-corrected chi connectivity index (χ3v) is 6.00. The fourth-order valence-electron chi connectivity index (χ4n) is 4.33. The van der Waals surface area contributed by atoms with Crippen LogP contribution in [0, 0.1) is 0 Å². The van der Waals surface area contributed by atoms with Crippen LogP contribution in [0.3, 0.4) is 0 Å². The standard InChI is InChI=1S/C28H30O4/c1-30-26-18-16-22(20-27(26)31-23-14-8-9-15-23)25(21-10-4-2-5-11-21)17-19-28(29)32-24-12-6-3-7-13-24/h2-7,10-13,16,18,20,23,25H,8-9,14-15,17,19H2,1H3. The van der Waals surface area contributed by atoms with Gasteiger partial charge in [0.1, 0.15) is 5.75 Å². The highest BCUT2D eigenvalue weighted by Crippen LogP contribution is 2.37. The number of rotatable bonds is 9. The van der Waals surface area contributed by atoms with Gasteiger partial charge in [-0.05, 0) is 67.5 Å². The second-order valence-corrected chi connectivity index (χ2v) is 8.22. The first-order valence-corrected chi connectivity index (χ1v) is 11.4. The predicted octanol–water partition coefficient (Wildman–Crippen LogP) is 6.53. The van der Waals surface area contributed by atoms with E-state index in [0.29, 0.717) is 18.6 Å². The first-order valence-electron chi connectivity index (χ1n) is 11.4. The van der Waals surface area contributed by atoms with Gasteiger partial charge in [0, 0.05) is 12.3 Å². The minimum absolute atomic E-state index is 0.0522. The van der Waals surface area contributed by atoms with Crippen LogP contribution in [0.2, 0.25) is 0 Å². The maximum Gasteiger partial charge on any atom is 0.311 e. The number of benzene rings is 3. The molecule has 0 saturated heterocycles. The second-order valence-electron chi connectivity index (χ2n) is 8.22. The van der Waals surface area contributed by atoms with E-state index in [1.54, 1.807) is 19.2 Å². The van der Waals surface area contributed by atoms with Crippen molar-refractivity contribution in [2.75, 3.05) is 7.11 Å². The van der Waals surface area contributed by atoms with E-state index in [1.165, 1.54) is 12.8 Å². The van der Waals surface area contributed by atoms with Crippen molar-refractivity contribution in [3.8, 4) is 17.2 Å². The summed E-state index contributed by atoms with van der Waals surface area (Å²) in [6.45, 7) is 0. The van der Waals surface area contributed by atoms with Gasteiger partial charge in [-0.3, -0.25) is 4.79 Å². The third-order valence-electron chi connectivity index (χ3n) is 6.00. The maximum atomic E-state index is 12.5. The monoisotopic (exact) mass is 430 g/mol. The van der Waals surface area contributed by atoms with Crippen molar-refractivity contribution >= 4 is 5.97 Å². The summed E-state index contributed by atoms with van der Waals surface area (Å²) < 4.78 is 17.4. The van der Waals surface area contributed by atoms with Crippen LogP contribution < -0.4 is 14.2 Å². The van der Waals surface area contributed by atoms with Crippen LogP contribution in [-0.4, -0.2) is 19.2 Å². The largest absolute Gasteiger partial charge is 0.493 e. The summed E-state index contributed by atoms with van der Waals surface area (Å²) in [5.74, 6) is 1.93. The molecule has 1 saturated carbocycles. The van der Waals surface area contributed by atoms with Crippen LogP contribution >= 0.6 is 0 Å². The molecule has 0 amide bonds. The summed E-state index contributed by atoms with van der Waals surface area (Å²) in [4.78, 5) is 12.5. The molecular weight excluding hydrogens is 400 g/mol. The average molecular weight is 431 g/mol. The second kappa shape index (κ2) is 10.9. The van der Waals surface area contributed by atoms with Gasteiger partial charge in [-0.2, -0.15) is 0 Å². The number of carbonyl (C=O) groups is 1. The Morgan fingerprint density at radius 1 is 0.875 bits per heavy atom. The molecule has 1 aliphatic carbocycles. The number of hydrogen-bond donors (Lipinski definition) is 0. The number of hydrogen-bond acceptors (Lipinski definition) is 4. The van der Waals surface area contributed by atoms with Gasteiger partial charge in [-0.1, -0.05) is 54.6 Å². The number of para-hydroxylation sites is 1. The van der Waals surface area contributed by atoms with Gasteiger partial charge in [0.15, 0.2) is 11.5 Å². The van der Waals surface area contributed by atoms with Gasteiger partial charge < -0.3 is 14.2 Å². The molecule has 3 aromatic rings. The molecule has 0 heterocycles. The minimum atomic E-state index is -0.229. The molecule has 4 nitrogen and oxygen atoms in total. The zero-order valence-corrected chi connectivity index (χ0v) is 18.5. The number of esters is 1. The zero-order chi connectivity index (χ0) is 22.2. The minimum Gasteiger partial charge on any atom is -0.493 e. The van der Waals surface area contributed by atoms with Crippen LogP contribution in [0.1, 0.15) is 55.6 Å². The molecule has 0 radical (unpaired) electrons. The zero-order valence-electron chi connectivity index (χ0n) is 18.5. The molecule has 1 unspecified atom stereocenters. The molecular formula is C28H30O4. The lowest BCUT2D eigenvalue weighted by Crippen LogP contribution is -2.13. The first kappa shape index (κ1) is 21.9. The SMILES string of the molecule is COc1ccc(C(CCC(=O)Oc2ccccc2)c2ccccc2)cc1OC1CCCC1. The fourth-order valence-corrected chi connectivity index (χ4v) is 4.33. The topological polar surface area (TPSA) is 44.8 Å². The van der Waals surface area contributed by atoms with Gasteiger partial charge >= 0.3 is 5.97 Å². The van der Waals surface area contributed by atoms with Crippen molar-refractivity contribution in [1.82, 2.24) is 0 Å². The molecule has 3 aromatic carbocycles. The molecule has 4 heteroatoms. The lowest BCUT2D eigenvalue weighted by atomic mass is 9.87. The van der Waals surface area contributed by atoms with E-state index < -0.39 is 0 Å². The molecule has 0 N–H and O–H groups in total. The Labute approximate surface area is 190 Å². The number of methoxy groups -OCH3 is 1. The molecule has 0 aromatic heterocycles. The summed E-state index contributed by atoms with van der Waals surface area (Å²) in [5.41, 5.74) is 2.27. The van der Waals surface area contributed by atoms with Crippen molar-refractivity contribution in [2.24, 2.45) is 0 Å². The highest BCUT2D eigenvalue weighted by Gasteiger charge is 2.22. The average Bonchev–Trinajstić information content (AvgIpc) is 3.34. The van der Waals surface area contributed by atoms with Crippen molar-refractivity contribution in [3.05, 3.63) is 90.0 Å². The van der Waals surface area contributed by atoms with Crippen LogP contribution in [0.5, 0.6) is 17.2 Å². The Hall–Kier alpha value is -3.27. The Kier molecular flexibility index (Phi) is 7.44. The molecule has 0 spiro atoms. The van der Waals surface area contributed by atoms with E-state index >= 15 is 0 Å². The Morgan fingerprint density at radius 3 is 2.25 bits per heavy atom. The fraction of sp³-hybridized carbons (Fsp3) is 0.321. The Balaban J connectivity index is 1.54. The Morgan fingerprint density at radius 2 is 1.56 bits per heavy atom. The number of carbonyl (C=O) groups excluding carboxylic acids is 1. The van der Waals surface area contributed by atoms with Crippen LogP contribution in [0.25, 0.3) is 0 Å². The van der Waals surface area contributed by atoms with Crippen LogP contribution in [0.4, 0.5) is 0 Å². The van der Waals surface area contributed by atoms with E-state index in [9.17, 15) is 4.79 Å². The van der Waals surface area contributed by atoms with E-state index in [4.69, 9.17) is 14.2 Å². The van der Waals surface area contributed by atoms with Gasteiger partial charge in [-0.25, -0.2) is 0 Å². The van der Waals surface area contributed by atoms with Crippen molar-refractivity contribution in [2.45, 2.75) is 50.5 Å². The lowest BCUT2D eigenvalue weighted by molar-refractivity contribution is -0.134. The Bertz CT molecular complexity index is 994. The number of ether oxygens (including phenoxy) is 3. The van der Waals surface area contributed by atoms with Gasteiger partial charge in [0.2, 0.25) is 0 Å². The van der Waals surface area contributed by atoms with Crippen molar-refractivity contribution < 1.29 is 19.0 Å². The smallest absolute Gasteiger partial charge is 0.311 e. The summed E-state index contributed by atoms with van der Waals surface area (Å²) in [5, 5.41) is 0. The van der Waals surface area contributed by atoms with Crippen LogP contribution in [0.15, 0.2) is 78.9 Å². The van der Waals surface area contributed by atoms with Gasteiger partial charge in [0.05, 0.1) is 13.2 Å². The summed E-state index contributed by atoms with van der Waals surface area (Å²) in [6, 6.07) is 25.6. The van der Waals surface area contributed by atoms with Gasteiger partial charge in [-0.15, -0.1) is 0 Å². The highest BCUT2D eigenvalue weighted by atomic mass is 16.5. The van der Waals surface area contributed by atoms with Gasteiger partial charge in [0.25, 0.3) is 0 Å². The molecule has 166 valence electrons. The van der Waals surface area contributed by atoms with Crippen LogP contribution in [-0.2, 0) is 4.79 Å². The van der Waals surface area contributed by atoms with Crippen molar-refractivity contribution in [3.63, 3.8) is 0 Å². The molecule has 0 aliphatic heterocycles. The third kappa shape index (κ3) is 5.70. The molecule has 0 bridgehead atoms. The molecule has 4 rings (SSSR count). The molecule has 32 heavy (non-hydrogen) atoms. The van der Waals surface area contributed by atoms with E-state index in [0.717, 1.165) is 35.5 Å². The summed E-state index contributed by atoms with van der Waals surface area (Å²) in [6.07, 6.45) is 5.80. The first-order chi connectivity index (χ1) is 15.7. The van der Waals surface area contributed by atoms with E-state index in [1.807, 2.05) is 42.5 Å². The summed E-state index contributed by atoms with van der Waals surface area (Å²) in [7, 11) is 1.67. The lowest BCUT2D eigenvalue weighted by Gasteiger charge is -2.21. The highest BCUT2D eigenvalue weighted by molar-refractivity contribution is 5.72. The normalized spacial score (nSPS) is 14.7. The molecule has 1 atom stereocenters. The van der Waals surface area contributed by atoms with E-state index in [2.05, 4.69) is 24.3 Å². The molecule has 1 aliphatic rings. The molecule has 1 fully saturated rings. The summed E-state index contributed by atoms with van der Waals surface area (Å²) >= 11 is 0.